The molecule has 1 saturated heterocycles. The van der Waals surface area contributed by atoms with Gasteiger partial charge in [-0.05, 0) is 48.9 Å². The molecule has 4 rings (SSSR count). The fraction of sp³-hybridized carbons (Fsp3) is 0.200. The number of carbonyl (C=O) groups is 3. The van der Waals surface area contributed by atoms with Crippen LogP contribution in [0.3, 0.4) is 0 Å². The highest BCUT2D eigenvalue weighted by molar-refractivity contribution is 7.17. The number of rotatable bonds is 6. The van der Waals surface area contributed by atoms with Gasteiger partial charge in [0.25, 0.3) is 5.78 Å². The van der Waals surface area contributed by atoms with Gasteiger partial charge in [-0.25, -0.2) is 9.78 Å². The van der Waals surface area contributed by atoms with Crippen LogP contribution in [0.5, 0.6) is 11.5 Å². The standard InChI is InChI=1S/C25H22N2O7S/c1-13-22(24(31)34-4)35-25(26-13)27-19(14-5-9-16(32-2)10-6-14)18(21(29)23(27)30)20(28)15-7-11-17(33-3)12-8-15/h5-12,19,28H,1-4H3. The Balaban J connectivity index is 1.91. The molecular formula is C25H22N2O7S. The first-order chi connectivity index (χ1) is 16.8. The molecule has 1 amide bonds. The van der Waals surface area contributed by atoms with E-state index in [9.17, 15) is 19.5 Å². The van der Waals surface area contributed by atoms with E-state index in [1.165, 1.54) is 26.2 Å². The fourth-order valence-electron chi connectivity index (χ4n) is 3.80. The zero-order chi connectivity index (χ0) is 25.3. The summed E-state index contributed by atoms with van der Waals surface area (Å²) >= 11 is 0.938. The van der Waals surface area contributed by atoms with Crippen molar-refractivity contribution in [1.82, 2.24) is 4.98 Å². The molecule has 1 aliphatic rings. The number of aromatic nitrogens is 1. The highest BCUT2D eigenvalue weighted by Gasteiger charge is 2.48. The fourth-order valence-corrected chi connectivity index (χ4v) is 4.81. The topological polar surface area (TPSA) is 115 Å². The van der Waals surface area contributed by atoms with E-state index in [-0.39, 0.29) is 21.3 Å². The van der Waals surface area contributed by atoms with Gasteiger partial charge in [-0.2, -0.15) is 0 Å². The van der Waals surface area contributed by atoms with E-state index < -0.39 is 23.7 Å². The van der Waals surface area contributed by atoms with E-state index in [1.54, 1.807) is 55.5 Å². The number of hydrogen-bond donors (Lipinski definition) is 1. The summed E-state index contributed by atoms with van der Waals surface area (Å²) in [7, 11) is 4.29. The number of thiazole rings is 1. The number of ketones is 1. The minimum atomic E-state index is -0.987. The van der Waals surface area contributed by atoms with Gasteiger partial charge in [-0.3, -0.25) is 14.5 Å². The lowest BCUT2D eigenvalue weighted by molar-refractivity contribution is -0.132. The number of aliphatic hydroxyl groups excluding tert-OH is 1. The van der Waals surface area contributed by atoms with Gasteiger partial charge in [-0.15, -0.1) is 0 Å². The van der Waals surface area contributed by atoms with Crippen LogP contribution in [-0.4, -0.2) is 49.1 Å². The van der Waals surface area contributed by atoms with Crippen molar-refractivity contribution in [3.05, 3.63) is 75.8 Å². The van der Waals surface area contributed by atoms with E-state index in [4.69, 9.17) is 14.2 Å². The molecule has 1 unspecified atom stereocenters. The molecule has 3 aromatic rings. The Bertz CT molecular complexity index is 1330. The third-order valence-electron chi connectivity index (χ3n) is 5.60. The van der Waals surface area contributed by atoms with Gasteiger partial charge in [0.05, 0.1) is 38.6 Å². The SMILES string of the molecule is COC(=O)c1sc(N2C(=O)C(=O)C(=C(O)c3ccc(OC)cc3)C2c2ccc(OC)cc2)nc1C. The van der Waals surface area contributed by atoms with Crippen molar-refractivity contribution in [1.29, 1.82) is 0 Å². The normalized spacial score (nSPS) is 16.9. The number of amides is 1. The minimum absolute atomic E-state index is 0.0993. The molecule has 0 spiro atoms. The Morgan fingerprint density at radius 2 is 1.54 bits per heavy atom. The number of benzene rings is 2. The second-order valence-corrected chi connectivity index (χ2v) is 8.55. The molecule has 2 aromatic carbocycles. The Morgan fingerprint density at radius 1 is 0.971 bits per heavy atom. The number of nitrogens with zero attached hydrogens (tertiary/aromatic N) is 2. The molecule has 1 atom stereocenters. The molecule has 0 saturated carbocycles. The van der Waals surface area contributed by atoms with Crippen LogP contribution in [0.25, 0.3) is 5.76 Å². The number of aryl methyl sites for hydroxylation is 1. The molecule has 9 nitrogen and oxygen atoms in total. The Morgan fingerprint density at radius 3 is 2.09 bits per heavy atom. The van der Waals surface area contributed by atoms with Crippen LogP contribution in [-0.2, 0) is 14.3 Å². The summed E-state index contributed by atoms with van der Waals surface area (Å²) in [6, 6.07) is 12.3. The molecule has 2 heterocycles. The van der Waals surface area contributed by atoms with Crippen LogP contribution in [0, 0.1) is 6.92 Å². The number of hydrogen-bond acceptors (Lipinski definition) is 9. The summed E-state index contributed by atoms with van der Waals surface area (Å²) in [5, 5.41) is 11.3. The van der Waals surface area contributed by atoms with E-state index in [0.717, 1.165) is 11.3 Å². The molecule has 1 N–H and O–H groups in total. The van der Waals surface area contributed by atoms with Gasteiger partial charge in [0.2, 0.25) is 0 Å². The Labute approximate surface area is 205 Å². The molecule has 0 bridgehead atoms. The average molecular weight is 495 g/mol. The summed E-state index contributed by atoms with van der Waals surface area (Å²) in [4.78, 5) is 44.4. The first-order valence-electron chi connectivity index (χ1n) is 10.5. The monoisotopic (exact) mass is 494 g/mol. The van der Waals surface area contributed by atoms with Crippen LogP contribution < -0.4 is 14.4 Å². The second-order valence-electron chi connectivity index (χ2n) is 7.57. The molecule has 35 heavy (non-hydrogen) atoms. The van der Waals surface area contributed by atoms with Gasteiger partial charge in [-0.1, -0.05) is 23.5 Å². The van der Waals surface area contributed by atoms with Gasteiger partial charge >= 0.3 is 11.9 Å². The van der Waals surface area contributed by atoms with Gasteiger partial charge in [0, 0.05) is 5.56 Å². The van der Waals surface area contributed by atoms with Crippen molar-refractivity contribution in [3.8, 4) is 11.5 Å². The number of aliphatic hydroxyl groups is 1. The van der Waals surface area contributed by atoms with Crippen LogP contribution >= 0.6 is 11.3 Å². The number of anilines is 1. The highest BCUT2D eigenvalue weighted by atomic mass is 32.1. The van der Waals surface area contributed by atoms with E-state index in [2.05, 4.69) is 4.98 Å². The van der Waals surface area contributed by atoms with E-state index >= 15 is 0 Å². The first kappa shape index (κ1) is 24.0. The lowest BCUT2D eigenvalue weighted by Crippen LogP contribution is -2.29. The molecule has 1 fully saturated rings. The van der Waals surface area contributed by atoms with Crippen LogP contribution in [0.2, 0.25) is 0 Å². The Kier molecular flexibility index (Phi) is 6.57. The number of carbonyl (C=O) groups excluding carboxylic acids is 3. The maximum Gasteiger partial charge on any atom is 0.350 e. The quantitative estimate of drug-likeness (QED) is 0.238. The average Bonchev–Trinajstić information content (AvgIpc) is 3.39. The van der Waals surface area contributed by atoms with Crippen LogP contribution in [0.4, 0.5) is 5.13 Å². The maximum absolute atomic E-state index is 13.3. The molecular weight excluding hydrogens is 472 g/mol. The summed E-state index contributed by atoms with van der Waals surface area (Å²) in [5.74, 6) is -1.52. The predicted octanol–water partition coefficient (Wildman–Crippen LogP) is 3.88. The molecule has 1 aliphatic heterocycles. The van der Waals surface area contributed by atoms with Crippen LogP contribution in [0.1, 0.15) is 32.5 Å². The third-order valence-corrected chi connectivity index (χ3v) is 6.74. The van der Waals surface area contributed by atoms with Crippen molar-refractivity contribution < 1.29 is 33.7 Å². The van der Waals surface area contributed by atoms with Crippen molar-refractivity contribution in [3.63, 3.8) is 0 Å². The van der Waals surface area contributed by atoms with E-state index in [1.807, 2.05) is 0 Å². The molecule has 0 aliphatic carbocycles. The number of Topliss-reactive ketones (excluding diaryl/α,β-unsaturated/α-hetero) is 1. The number of esters is 1. The third kappa shape index (κ3) is 4.24. The molecule has 10 heteroatoms. The zero-order valence-corrected chi connectivity index (χ0v) is 20.2. The van der Waals surface area contributed by atoms with Crippen LogP contribution in [0.15, 0.2) is 54.1 Å². The Hall–Kier alpha value is -4.18. The van der Waals surface area contributed by atoms with E-state index in [0.29, 0.717) is 28.3 Å². The lowest BCUT2D eigenvalue weighted by atomic mass is 9.95. The summed E-state index contributed by atoms with van der Waals surface area (Å²) in [5.41, 5.74) is 1.15. The zero-order valence-electron chi connectivity index (χ0n) is 19.4. The summed E-state index contributed by atoms with van der Waals surface area (Å²) in [6.45, 7) is 1.61. The minimum Gasteiger partial charge on any atom is -0.507 e. The largest absolute Gasteiger partial charge is 0.507 e. The van der Waals surface area contributed by atoms with Gasteiger partial charge < -0.3 is 19.3 Å². The van der Waals surface area contributed by atoms with Gasteiger partial charge in [0.15, 0.2) is 5.13 Å². The van der Waals surface area contributed by atoms with Crippen molar-refractivity contribution in [2.24, 2.45) is 0 Å². The van der Waals surface area contributed by atoms with Crippen molar-refractivity contribution in [2.75, 3.05) is 26.2 Å². The lowest BCUT2D eigenvalue weighted by Gasteiger charge is -2.23. The molecule has 180 valence electrons. The van der Waals surface area contributed by atoms with Crippen molar-refractivity contribution >= 4 is 39.9 Å². The molecule has 1 aromatic heterocycles. The number of ether oxygens (including phenoxy) is 3. The maximum atomic E-state index is 13.3. The summed E-state index contributed by atoms with van der Waals surface area (Å²) in [6.07, 6.45) is 0. The molecule has 0 radical (unpaired) electrons. The smallest absolute Gasteiger partial charge is 0.350 e. The first-order valence-corrected chi connectivity index (χ1v) is 11.3. The van der Waals surface area contributed by atoms with Gasteiger partial charge in [0.1, 0.15) is 22.1 Å². The number of methoxy groups -OCH3 is 3. The van der Waals surface area contributed by atoms with Crippen molar-refractivity contribution in [2.45, 2.75) is 13.0 Å². The summed E-state index contributed by atoms with van der Waals surface area (Å²) < 4.78 is 15.2. The highest BCUT2D eigenvalue weighted by Crippen LogP contribution is 2.44. The second kappa shape index (κ2) is 9.59. The predicted molar refractivity (Wildman–Crippen MR) is 129 cm³/mol.